The first-order valence-electron chi connectivity index (χ1n) is 10.1. The Morgan fingerprint density at radius 3 is 2.61 bits per heavy atom. The van der Waals surface area contributed by atoms with E-state index < -0.39 is 5.91 Å². The van der Waals surface area contributed by atoms with Gasteiger partial charge in [0.2, 0.25) is 5.82 Å². The zero-order valence-corrected chi connectivity index (χ0v) is 17.4. The van der Waals surface area contributed by atoms with Crippen LogP contribution in [0.15, 0.2) is 72.9 Å². The van der Waals surface area contributed by atoms with Crippen molar-refractivity contribution in [1.29, 1.82) is 0 Å². The number of carbonyl (C=O) groups excluding carboxylic acids is 1. The molecule has 156 valence electrons. The number of carbonyl (C=O) groups is 1. The largest absolute Gasteiger partial charge is 0.490 e. The van der Waals surface area contributed by atoms with Gasteiger partial charge in [0, 0.05) is 18.2 Å². The molecule has 31 heavy (non-hydrogen) atoms. The number of pyridine rings is 1. The third kappa shape index (κ3) is 5.14. The fourth-order valence-electron chi connectivity index (χ4n) is 3.17. The summed E-state index contributed by atoms with van der Waals surface area (Å²) in [6, 6.07) is 21.3. The van der Waals surface area contributed by atoms with Gasteiger partial charge in [0.05, 0.1) is 6.10 Å². The van der Waals surface area contributed by atoms with Gasteiger partial charge in [-0.2, -0.15) is 0 Å². The predicted molar refractivity (Wildman–Crippen MR) is 119 cm³/mol. The zero-order chi connectivity index (χ0) is 21.6. The number of aromatic nitrogens is 4. The van der Waals surface area contributed by atoms with Crippen LogP contribution >= 0.6 is 0 Å². The quantitative estimate of drug-likeness (QED) is 0.465. The highest BCUT2D eigenvalue weighted by molar-refractivity contribution is 6.01. The van der Waals surface area contributed by atoms with Crippen molar-refractivity contribution in [3.05, 3.63) is 90.1 Å². The summed E-state index contributed by atoms with van der Waals surface area (Å²) in [5.41, 5.74) is 2.91. The molecule has 2 N–H and O–H groups in total. The number of aromatic amines is 1. The Balaban J connectivity index is 1.49. The standard InChI is InChI=1S/C24H23N5O2/c1-16(2)31-20-11-7-6-10-19(20)18-12-13-25-21(15-18)27-24(30)23-26-22(28-29-23)14-17-8-4-3-5-9-17/h3-13,15-16H,14H2,1-2H3,(H,25,27,30)(H,26,28,29). The maximum Gasteiger partial charge on any atom is 0.294 e. The van der Waals surface area contributed by atoms with E-state index in [9.17, 15) is 4.79 Å². The lowest BCUT2D eigenvalue weighted by Gasteiger charge is -2.14. The molecule has 0 spiro atoms. The van der Waals surface area contributed by atoms with Crippen molar-refractivity contribution in [1.82, 2.24) is 20.2 Å². The fourth-order valence-corrected chi connectivity index (χ4v) is 3.17. The molecule has 0 radical (unpaired) electrons. The van der Waals surface area contributed by atoms with Crippen LogP contribution in [0.5, 0.6) is 5.75 Å². The summed E-state index contributed by atoms with van der Waals surface area (Å²) in [5, 5.41) is 10.8. The number of anilines is 1. The summed E-state index contributed by atoms with van der Waals surface area (Å²) < 4.78 is 5.91. The summed E-state index contributed by atoms with van der Waals surface area (Å²) in [6.45, 7) is 3.97. The summed E-state index contributed by atoms with van der Waals surface area (Å²) >= 11 is 0. The first-order valence-corrected chi connectivity index (χ1v) is 10.1. The number of para-hydroxylation sites is 1. The molecular formula is C24H23N5O2. The molecule has 0 saturated heterocycles. The van der Waals surface area contributed by atoms with Crippen LogP contribution in [0.1, 0.15) is 35.9 Å². The van der Waals surface area contributed by atoms with Crippen LogP contribution in [0.2, 0.25) is 0 Å². The zero-order valence-electron chi connectivity index (χ0n) is 17.4. The van der Waals surface area contributed by atoms with Crippen molar-refractivity contribution < 1.29 is 9.53 Å². The van der Waals surface area contributed by atoms with Crippen molar-refractivity contribution in [2.24, 2.45) is 0 Å². The number of benzene rings is 2. The van der Waals surface area contributed by atoms with E-state index in [4.69, 9.17) is 4.74 Å². The molecule has 0 fully saturated rings. The number of ether oxygens (including phenoxy) is 1. The van der Waals surface area contributed by atoms with E-state index in [0.717, 1.165) is 22.4 Å². The molecule has 0 unspecified atom stereocenters. The van der Waals surface area contributed by atoms with Gasteiger partial charge in [0.1, 0.15) is 17.4 Å². The summed E-state index contributed by atoms with van der Waals surface area (Å²) in [7, 11) is 0. The van der Waals surface area contributed by atoms with E-state index in [1.807, 2.05) is 80.6 Å². The van der Waals surface area contributed by atoms with Gasteiger partial charge in [0.25, 0.3) is 5.91 Å². The SMILES string of the molecule is CC(C)Oc1ccccc1-c1ccnc(NC(=O)c2nnc(Cc3ccccc3)[nH]2)c1. The second-order valence-corrected chi connectivity index (χ2v) is 7.33. The molecule has 0 atom stereocenters. The molecule has 2 aromatic carbocycles. The lowest BCUT2D eigenvalue weighted by atomic mass is 10.1. The molecule has 2 aromatic heterocycles. The van der Waals surface area contributed by atoms with Crippen LogP contribution in [0.25, 0.3) is 11.1 Å². The highest BCUT2D eigenvalue weighted by atomic mass is 16.5. The van der Waals surface area contributed by atoms with Crippen LogP contribution in [-0.2, 0) is 6.42 Å². The molecule has 1 amide bonds. The van der Waals surface area contributed by atoms with Crippen LogP contribution in [0.3, 0.4) is 0 Å². The highest BCUT2D eigenvalue weighted by Crippen LogP contribution is 2.31. The van der Waals surface area contributed by atoms with Crippen molar-refractivity contribution >= 4 is 11.7 Å². The van der Waals surface area contributed by atoms with Crippen LogP contribution in [0, 0.1) is 0 Å². The molecular weight excluding hydrogens is 390 g/mol. The van der Waals surface area contributed by atoms with E-state index in [2.05, 4.69) is 25.5 Å². The molecule has 4 aromatic rings. The molecule has 0 saturated carbocycles. The van der Waals surface area contributed by atoms with E-state index in [0.29, 0.717) is 18.1 Å². The number of nitrogens with zero attached hydrogens (tertiary/aromatic N) is 3. The second-order valence-electron chi connectivity index (χ2n) is 7.33. The lowest BCUT2D eigenvalue weighted by molar-refractivity contribution is 0.101. The van der Waals surface area contributed by atoms with Crippen LogP contribution in [0.4, 0.5) is 5.82 Å². The van der Waals surface area contributed by atoms with Crippen molar-refractivity contribution in [3.63, 3.8) is 0 Å². The normalized spacial score (nSPS) is 10.8. The van der Waals surface area contributed by atoms with E-state index >= 15 is 0 Å². The smallest absolute Gasteiger partial charge is 0.294 e. The van der Waals surface area contributed by atoms with E-state index in [-0.39, 0.29) is 11.9 Å². The van der Waals surface area contributed by atoms with Gasteiger partial charge in [-0.3, -0.25) is 4.79 Å². The molecule has 7 nitrogen and oxygen atoms in total. The molecule has 0 aliphatic heterocycles. The van der Waals surface area contributed by atoms with Gasteiger partial charge in [-0.15, -0.1) is 10.2 Å². The topological polar surface area (TPSA) is 92.8 Å². The highest BCUT2D eigenvalue weighted by Gasteiger charge is 2.14. The Hall–Kier alpha value is -4.00. The molecule has 4 rings (SSSR count). The monoisotopic (exact) mass is 413 g/mol. The number of amides is 1. The van der Waals surface area contributed by atoms with E-state index in [1.54, 1.807) is 6.20 Å². The second kappa shape index (κ2) is 9.21. The summed E-state index contributed by atoms with van der Waals surface area (Å²) in [4.78, 5) is 19.9. The molecule has 0 aliphatic carbocycles. The first kappa shape index (κ1) is 20.3. The van der Waals surface area contributed by atoms with Crippen LogP contribution < -0.4 is 10.1 Å². The minimum atomic E-state index is -0.400. The Bertz CT molecular complexity index is 1170. The average molecular weight is 413 g/mol. The number of hydrogen-bond donors (Lipinski definition) is 2. The molecule has 7 heteroatoms. The maximum absolute atomic E-state index is 12.6. The van der Waals surface area contributed by atoms with Gasteiger partial charge in [-0.05, 0) is 43.2 Å². The van der Waals surface area contributed by atoms with Crippen LogP contribution in [-0.4, -0.2) is 32.2 Å². The lowest BCUT2D eigenvalue weighted by Crippen LogP contribution is -2.15. The Labute approximate surface area is 180 Å². The fraction of sp³-hybridized carbons (Fsp3) is 0.167. The average Bonchev–Trinajstić information content (AvgIpc) is 3.23. The van der Waals surface area contributed by atoms with E-state index in [1.165, 1.54) is 0 Å². The Morgan fingerprint density at radius 2 is 1.81 bits per heavy atom. The number of H-pyrrole nitrogens is 1. The van der Waals surface area contributed by atoms with Gasteiger partial charge < -0.3 is 15.0 Å². The summed E-state index contributed by atoms with van der Waals surface area (Å²) in [5.74, 6) is 1.56. The van der Waals surface area contributed by atoms with Crippen molar-refractivity contribution in [3.8, 4) is 16.9 Å². The van der Waals surface area contributed by atoms with Crippen molar-refractivity contribution in [2.45, 2.75) is 26.4 Å². The Morgan fingerprint density at radius 1 is 1.03 bits per heavy atom. The third-order valence-corrected chi connectivity index (χ3v) is 4.53. The van der Waals surface area contributed by atoms with Gasteiger partial charge in [0.15, 0.2) is 0 Å². The summed E-state index contributed by atoms with van der Waals surface area (Å²) in [6.07, 6.45) is 2.28. The maximum atomic E-state index is 12.6. The number of hydrogen-bond acceptors (Lipinski definition) is 5. The van der Waals surface area contributed by atoms with Gasteiger partial charge >= 0.3 is 0 Å². The number of nitrogens with one attached hydrogen (secondary N) is 2. The van der Waals surface area contributed by atoms with Crippen molar-refractivity contribution in [2.75, 3.05) is 5.32 Å². The minimum absolute atomic E-state index is 0.0543. The van der Waals surface area contributed by atoms with Gasteiger partial charge in [-0.1, -0.05) is 48.5 Å². The molecule has 2 heterocycles. The third-order valence-electron chi connectivity index (χ3n) is 4.53. The molecule has 0 aliphatic rings. The van der Waals surface area contributed by atoms with Gasteiger partial charge in [-0.25, -0.2) is 4.98 Å². The predicted octanol–water partition coefficient (Wildman–Crippen LogP) is 4.50. The first-order chi connectivity index (χ1) is 15.1. The Kier molecular flexibility index (Phi) is 6.03. The number of rotatable bonds is 7. The minimum Gasteiger partial charge on any atom is -0.490 e. The molecule has 0 bridgehead atoms.